The maximum Gasteiger partial charge on any atom is 0.277 e. The molecule has 0 radical (unpaired) electrons. The number of halogens is 1. The van der Waals surface area contributed by atoms with Crippen LogP contribution in [0.4, 0.5) is 0 Å². The number of rotatable bonds is 5. The number of aryl methyl sites for hydroxylation is 1. The Hall–Kier alpha value is -2.38. The Morgan fingerprint density at radius 3 is 2.65 bits per heavy atom. The van der Waals surface area contributed by atoms with Crippen LogP contribution in [0, 0.1) is 6.92 Å². The van der Waals surface area contributed by atoms with E-state index in [0.717, 1.165) is 21.3 Å². The summed E-state index contributed by atoms with van der Waals surface area (Å²) in [5, 5.41) is 8.68. The number of benzene rings is 2. The summed E-state index contributed by atoms with van der Waals surface area (Å²) in [7, 11) is 0. The van der Waals surface area contributed by atoms with Crippen LogP contribution in [0.2, 0.25) is 0 Å². The lowest BCUT2D eigenvalue weighted by Crippen LogP contribution is -1.83. The van der Waals surface area contributed by atoms with Gasteiger partial charge in [0.05, 0.1) is 5.69 Å². The van der Waals surface area contributed by atoms with Crippen molar-refractivity contribution in [3.63, 3.8) is 0 Å². The van der Waals surface area contributed by atoms with Gasteiger partial charge in [0.1, 0.15) is 6.26 Å². The van der Waals surface area contributed by atoms with Crippen molar-refractivity contribution >= 4 is 27.7 Å². The summed E-state index contributed by atoms with van der Waals surface area (Å²) < 4.78 is 12.2. The lowest BCUT2D eigenvalue weighted by Gasteiger charge is -1.96. The number of nitrogens with zero attached hydrogens (tertiary/aromatic N) is 3. The highest BCUT2D eigenvalue weighted by atomic mass is 79.9. The molecule has 2 aromatic heterocycles. The average Bonchev–Trinajstić information content (AvgIpc) is 3.30. The predicted octanol–water partition coefficient (Wildman–Crippen LogP) is 5.75. The summed E-state index contributed by atoms with van der Waals surface area (Å²) in [5.41, 5.74) is 3.87. The Balaban J connectivity index is 1.43. The predicted molar refractivity (Wildman–Crippen MR) is 104 cm³/mol. The van der Waals surface area contributed by atoms with Crippen LogP contribution in [-0.2, 0) is 5.75 Å². The zero-order valence-electron chi connectivity index (χ0n) is 13.8. The summed E-state index contributed by atoms with van der Waals surface area (Å²) in [5.74, 6) is 1.70. The smallest absolute Gasteiger partial charge is 0.277 e. The molecule has 0 bridgehead atoms. The first-order valence-corrected chi connectivity index (χ1v) is 9.69. The van der Waals surface area contributed by atoms with Gasteiger partial charge >= 0.3 is 0 Å². The third kappa shape index (κ3) is 3.89. The summed E-state index contributed by atoms with van der Waals surface area (Å²) in [6.45, 7) is 2.05. The van der Waals surface area contributed by atoms with E-state index in [1.54, 1.807) is 6.26 Å². The van der Waals surface area contributed by atoms with E-state index in [9.17, 15) is 0 Å². The summed E-state index contributed by atoms with van der Waals surface area (Å²) in [4.78, 5) is 4.52. The van der Waals surface area contributed by atoms with Gasteiger partial charge < -0.3 is 8.83 Å². The van der Waals surface area contributed by atoms with Crippen LogP contribution in [0.1, 0.15) is 11.3 Å². The first-order chi connectivity index (χ1) is 12.7. The first-order valence-electron chi connectivity index (χ1n) is 7.91. The Bertz CT molecular complexity index is 1030. The molecule has 2 heterocycles. The van der Waals surface area contributed by atoms with Gasteiger partial charge in [0.25, 0.3) is 5.22 Å². The normalized spacial score (nSPS) is 11.0. The molecule has 0 fully saturated rings. The van der Waals surface area contributed by atoms with Crippen LogP contribution in [0.5, 0.6) is 0 Å². The molecule has 26 heavy (non-hydrogen) atoms. The van der Waals surface area contributed by atoms with Crippen molar-refractivity contribution in [1.82, 2.24) is 15.2 Å². The minimum absolute atomic E-state index is 0.495. The van der Waals surface area contributed by atoms with Crippen LogP contribution in [0.25, 0.3) is 22.9 Å². The fourth-order valence-electron chi connectivity index (χ4n) is 2.34. The summed E-state index contributed by atoms with van der Waals surface area (Å²) in [6.07, 6.45) is 1.66. The van der Waals surface area contributed by atoms with Gasteiger partial charge in [0.2, 0.25) is 11.8 Å². The van der Waals surface area contributed by atoms with Crippen molar-refractivity contribution in [3.05, 3.63) is 70.5 Å². The molecule has 0 aliphatic rings. The number of thioether (sulfide) groups is 1. The van der Waals surface area contributed by atoms with E-state index in [-0.39, 0.29) is 0 Å². The highest BCUT2D eigenvalue weighted by molar-refractivity contribution is 9.10. The largest absolute Gasteiger partial charge is 0.444 e. The molecule has 0 spiro atoms. The third-order valence-corrected chi connectivity index (χ3v) is 5.02. The van der Waals surface area contributed by atoms with Gasteiger partial charge in [0.15, 0.2) is 0 Å². The van der Waals surface area contributed by atoms with Crippen molar-refractivity contribution in [1.29, 1.82) is 0 Å². The van der Waals surface area contributed by atoms with Crippen molar-refractivity contribution in [2.45, 2.75) is 17.9 Å². The molecule has 0 atom stereocenters. The van der Waals surface area contributed by atoms with Crippen molar-refractivity contribution in [2.24, 2.45) is 0 Å². The van der Waals surface area contributed by atoms with Gasteiger partial charge in [-0.3, -0.25) is 0 Å². The minimum Gasteiger partial charge on any atom is -0.444 e. The molecule has 0 aliphatic heterocycles. The molecule has 4 aromatic rings. The molecule has 4 rings (SSSR count). The molecule has 0 saturated heterocycles. The Labute approximate surface area is 163 Å². The van der Waals surface area contributed by atoms with Crippen LogP contribution in [0.15, 0.2) is 73.3 Å². The standard InChI is InChI=1S/C19H14BrN3O2S/c1-12-5-7-13(8-6-12)17-21-16(10-24-17)11-26-19-23-22-18(25-19)14-3-2-4-15(20)9-14/h2-10H,11H2,1H3. The van der Waals surface area contributed by atoms with Gasteiger partial charge in [-0.2, -0.15) is 0 Å². The zero-order chi connectivity index (χ0) is 17.9. The summed E-state index contributed by atoms with van der Waals surface area (Å²) in [6, 6.07) is 15.8. The second kappa shape index (κ2) is 7.47. The molecule has 0 unspecified atom stereocenters. The first kappa shape index (κ1) is 17.1. The fraction of sp³-hybridized carbons (Fsp3) is 0.105. The van der Waals surface area contributed by atoms with E-state index in [0.29, 0.717) is 22.8 Å². The van der Waals surface area contributed by atoms with E-state index in [1.165, 1.54) is 17.3 Å². The average molecular weight is 428 g/mol. The van der Waals surface area contributed by atoms with Crippen molar-refractivity contribution in [2.75, 3.05) is 0 Å². The minimum atomic E-state index is 0.495. The molecule has 0 saturated carbocycles. The van der Waals surface area contributed by atoms with E-state index in [1.807, 2.05) is 55.5 Å². The van der Waals surface area contributed by atoms with Gasteiger partial charge in [-0.25, -0.2) is 4.98 Å². The van der Waals surface area contributed by atoms with Crippen LogP contribution < -0.4 is 0 Å². The van der Waals surface area contributed by atoms with Crippen LogP contribution in [0.3, 0.4) is 0 Å². The van der Waals surface area contributed by atoms with Gasteiger partial charge in [-0.15, -0.1) is 10.2 Å². The topological polar surface area (TPSA) is 65.0 Å². The molecule has 7 heteroatoms. The van der Waals surface area contributed by atoms with Gasteiger partial charge in [0, 0.05) is 21.4 Å². The van der Waals surface area contributed by atoms with Crippen molar-refractivity contribution in [3.8, 4) is 22.9 Å². The summed E-state index contributed by atoms with van der Waals surface area (Å²) >= 11 is 4.87. The van der Waals surface area contributed by atoms with E-state index >= 15 is 0 Å². The Kier molecular flexibility index (Phi) is 4.90. The fourth-order valence-corrected chi connectivity index (χ4v) is 3.38. The highest BCUT2D eigenvalue weighted by Crippen LogP contribution is 2.28. The maximum atomic E-state index is 5.71. The molecule has 2 aromatic carbocycles. The molecule has 0 N–H and O–H groups in total. The number of oxazole rings is 1. The molecular formula is C19H14BrN3O2S. The highest BCUT2D eigenvalue weighted by Gasteiger charge is 2.12. The molecule has 130 valence electrons. The Morgan fingerprint density at radius 2 is 1.85 bits per heavy atom. The molecule has 0 amide bonds. The lowest BCUT2D eigenvalue weighted by molar-refractivity contribution is 0.466. The second-order valence-electron chi connectivity index (χ2n) is 5.68. The Morgan fingerprint density at radius 1 is 1.00 bits per heavy atom. The third-order valence-electron chi connectivity index (χ3n) is 3.67. The van der Waals surface area contributed by atoms with Crippen LogP contribution >= 0.6 is 27.7 Å². The number of aromatic nitrogens is 3. The number of hydrogen-bond acceptors (Lipinski definition) is 6. The molecule has 0 aliphatic carbocycles. The maximum absolute atomic E-state index is 5.71. The van der Waals surface area contributed by atoms with E-state index in [2.05, 4.69) is 31.1 Å². The second-order valence-corrected chi connectivity index (χ2v) is 7.52. The zero-order valence-corrected chi connectivity index (χ0v) is 16.3. The van der Waals surface area contributed by atoms with E-state index in [4.69, 9.17) is 8.83 Å². The molecule has 5 nitrogen and oxygen atoms in total. The van der Waals surface area contributed by atoms with Gasteiger partial charge in [-0.05, 0) is 37.3 Å². The van der Waals surface area contributed by atoms with E-state index < -0.39 is 0 Å². The van der Waals surface area contributed by atoms with Crippen LogP contribution in [-0.4, -0.2) is 15.2 Å². The quantitative estimate of drug-likeness (QED) is 0.377. The SMILES string of the molecule is Cc1ccc(-c2nc(CSc3nnc(-c4cccc(Br)c4)o3)co2)cc1. The molecular weight excluding hydrogens is 414 g/mol. The number of hydrogen-bond donors (Lipinski definition) is 0. The van der Waals surface area contributed by atoms with Gasteiger partial charge in [-0.1, -0.05) is 51.5 Å². The lowest BCUT2D eigenvalue weighted by atomic mass is 10.1. The van der Waals surface area contributed by atoms with Crippen molar-refractivity contribution < 1.29 is 8.83 Å². The monoisotopic (exact) mass is 427 g/mol.